The molecule has 1 amide bonds. The van der Waals surface area contributed by atoms with Gasteiger partial charge in [-0.25, -0.2) is 0 Å². The molecule has 0 aliphatic heterocycles. The highest BCUT2D eigenvalue weighted by Crippen LogP contribution is 2.15. The zero-order valence-electron chi connectivity index (χ0n) is 11.6. The van der Waals surface area contributed by atoms with Crippen LogP contribution in [0.2, 0.25) is 0 Å². The van der Waals surface area contributed by atoms with Gasteiger partial charge in [0.15, 0.2) is 0 Å². The largest absolute Gasteiger partial charge is 0.497 e. The zero-order valence-corrected chi connectivity index (χ0v) is 11.6. The summed E-state index contributed by atoms with van der Waals surface area (Å²) in [6.07, 6.45) is 3.99. The fraction of sp³-hybridized carbons (Fsp3) is 0.118. The molecule has 0 aliphatic rings. The van der Waals surface area contributed by atoms with Crippen LogP contribution in [-0.4, -0.2) is 13.0 Å². The molecule has 0 atom stereocenters. The molecule has 0 radical (unpaired) electrons. The summed E-state index contributed by atoms with van der Waals surface area (Å²) < 4.78 is 5.07. The van der Waals surface area contributed by atoms with E-state index in [0.717, 1.165) is 17.0 Å². The number of anilines is 1. The summed E-state index contributed by atoms with van der Waals surface area (Å²) in [5.41, 5.74) is 2.48. The Hall–Kier alpha value is -2.55. The molecule has 1 N–H and O–H groups in total. The van der Waals surface area contributed by atoms with Gasteiger partial charge in [0.05, 0.1) is 7.11 Å². The van der Waals surface area contributed by atoms with E-state index in [1.807, 2.05) is 43.3 Å². The van der Waals surface area contributed by atoms with Crippen LogP contribution in [0.5, 0.6) is 5.75 Å². The van der Waals surface area contributed by atoms with Crippen LogP contribution in [-0.2, 0) is 0 Å². The van der Waals surface area contributed by atoms with Crippen LogP contribution in [0.25, 0.3) is 6.08 Å². The molecule has 0 fully saturated rings. The molecule has 0 saturated carbocycles. The van der Waals surface area contributed by atoms with Crippen LogP contribution in [0.4, 0.5) is 5.69 Å². The van der Waals surface area contributed by atoms with Crippen molar-refractivity contribution in [3.8, 4) is 5.75 Å². The number of allylic oxidation sites excluding steroid dienone is 1. The monoisotopic (exact) mass is 267 g/mol. The molecule has 0 spiro atoms. The maximum Gasteiger partial charge on any atom is 0.255 e. The lowest BCUT2D eigenvalue weighted by Gasteiger charge is -2.06. The molecule has 2 rings (SSSR count). The lowest BCUT2D eigenvalue weighted by molar-refractivity contribution is 0.102. The summed E-state index contributed by atoms with van der Waals surface area (Å²) in [5, 5.41) is 2.86. The predicted molar refractivity (Wildman–Crippen MR) is 82.1 cm³/mol. The maximum absolute atomic E-state index is 12.1. The van der Waals surface area contributed by atoms with Gasteiger partial charge in [-0.1, -0.05) is 24.3 Å². The standard InChI is InChI=1S/C17H17NO2/c1-3-4-13-5-9-15(10-6-13)18-17(19)14-7-11-16(20-2)12-8-14/h3-12H,1-2H3,(H,18,19)/b4-3-. The molecule has 0 bridgehead atoms. The highest BCUT2D eigenvalue weighted by Gasteiger charge is 2.05. The van der Waals surface area contributed by atoms with E-state index in [-0.39, 0.29) is 5.91 Å². The van der Waals surface area contributed by atoms with Crippen LogP contribution in [0.3, 0.4) is 0 Å². The summed E-state index contributed by atoms with van der Waals surface area (Å²) >= 11 is 0. The number of hydrogen-bond donors (Lipinski definition) is 1. The molecular formula is C17H17NO2. The van der Waals surface area contributed by atoms with Gasteiger partial charge < -0.3 is 10.1 Å². The third-order valence-electron chi connectivity index (χ3n) is 2.88. The van der Waals surface area contributed by atoms with Crippen LogP contribution in [0.1, 0.15) is 22.8 Å². The first-order chi connectivity index (χ1) is 9.72. The van der Waals surface area contributed by atoms with Crippen molar-refractivity contribution in [1.29, 1.82) is 0 Å². The van der Waals surface area contributed by atoms with E-state index in [2.05, 4.69) is 5.32 Å². The van der Waals surface area contributed by atoms with Crippen molar-refractivity contribution in [2.45, 2.75) is 6.92 Å². The number of carbonyl (C=O) groups is 1. The average molecular weight is 267 g/mol. The molecule has 0 aliphatic carbocycles. The topological polar surface area (TPSA) is 38.3 Å². The molecule has 0 heterocycles. The van der Waals surface area contributed by atoms with E-state index in [1.54, 1.807) is 31.4 Å². The number of rotatable bonds is 4. The first-order valence-electron chi connectivity index (χ1n) is 6.41. The fourth-order valence-electron chi connectivity index (χ4n) is 1.82. The molecule has 0 unspecified atom stereocenters. The Morgan fingerprint density at radius 3 is 2.25 bits per heavy atom. The molecule has 0 aromatic heterocycles. The van der Waals surface area contributed by atoms with E-state index in [1.165, 1.54) is 0 Å². The van der Waals surface area contributed by atoms with Crippen molar-refractivity contribution in [3.05, 3.63) is 65.7 Å². The SMILES string of the molecule is C/C=C\c1ccc(NC(=O)c2ccc(OC)cc2)cc1. The minimum atomic E-state index is -0.133. The third kappa shape index (κ3) is 3.48. The van der Waals surface area contributed by atoms with Gasteiger partial charge in [0, 0.05) is 11.3 Å². The molecular weight excluding hydrogens is 250 g/mol. The number of methoxy groups -OCH3 is 1. The molecule has 0 saturated heterocycles. The van der Waals surface area contributed by atoms with Gasteiger partial charge in [-0.2, -0.15) is 0 Å². The number of amides is 1. The van der Waals surface area contributed by atoms with Crippen LogP contribution in [0, 0.1) is 0 Å². The lowest BCUT2D eigenvalue weighted by atomic mass is 10.1. The summed E-state index contributed by atoms with van der Waals surface area (Å²) in [7, 11) is 1.60. The first-order valence-corrected chi connectivity index (χ1v) is 6.41. The Morgan fingerprint density at radius 1 is 1.05 bits per heavy atom. The number of nitrogens with one attached hydrogen (secondary N) is 1. The number of benzene rings is 2. The van der Waals surface area contributed by atoms with Gasteiger partial charge in [0.2, 0.25) is 0 Å². The number of ether oxygens (including phenoxy) is 1. The Labute approximate surface area is 118 Å². The van der Waals surface area contributed by atoms with Crippen molar-refractivity contribution in [2.75, 3.05) is 12.4 Å². The third-order valence-corrected chi connectivity index (χ3v) is 2.88. The summed E-state index contributed by atoms with van der Waals surface area (Å²) in [5.74, 6) is 0.601. The molecule has 3 heteroatoms. The van der Waals surface area contributed by atoms with Gasteiger partial charge in [-0.3, -0.25) is 4.79 Å². The number of hydrogen-bond acceptors (Lipinski definition) is 2. The quantitative estimate of drug-likeness (QED) is 0.910. The van der Waals surface area contributed by atoms with Gasteiger partial charge in [-0.05, 0) is 48.9 Å². The highest BCUT2D eigenvalue weighted by molar-refractivity contribution is 6.04. The predicted octanol–water partition coefficient (Wildman–Crippen LogP) is 3.98. The Balaban J connectivity index is 2.06. The van der Waals surface area contributed by atoms with Gasteiger partial charge in [0.1, 0.15) is 5.75 Å². The van der Waals surface area contributed by atoms with Gasteiger partial charge >= 0.3 is 0 Å². The van der Waals surface area contributed by atoms with E-state index in [9.17, 15) is 4.79 Å². The van der Waals surface area contributed by atoms with Crippen molar-refractivity contribution in [2.24, 2.45) is 0 Å². The molecule has 3 nitrogen and oxygen atoms in total. The lowest BCUT2D eigenvalue weighted by Crippen LogP contribution is -2.11. The van der Waals surface area contributed by atoms with E-state index >= 15 is 0 Å². The normalized spacial score (nSPS) is 10.5. The van der Waals surface area contributed by atoms with Crippen molar-refractivity contribution in [1.82, 2.24) is 0 Å². The molecule has 2 aromatic carbocycles. The second-order valence-electron chi connectivity index (χ2n) is 4.30. The Bertz CT molecular complexity index is 598. The van der Waals surface area contributed by atoms with Crippen molar-refractivity contribution >= 4 is 17.7 Å². The Morgan fingerprint density at radius 2 is 1.70 bits per heavy atom. The van der Waals surface area contributed by atoms with Crippen molar-refractivity contribution in [3.63, 3.8) is 0 Å². The van der Waals surface area contributed by atoms with E-state index in [0.29, 0.717) is 5.56 Å². The fourth-order valence-corrected chi connectivity index (χ4v) is 1.82. The second kappa shape index (κ2) is 6.57. The summed E-state index contributed by atoms with van der Waals surface area (Å²) in [6, 6.07) is 14.7. The Kier molecular flexibility index (Phi) is 4.56. The van der Waals surface area contributed by atoms with Crippen LogP contribution < -0.4 is 10.1 Å². The highest BCUT2D eigenvalue weighted by atomic mass is 16.5. The van der Waals surface area contributed by atoms with E-state index < -0.39 is 0 Å². The smallest absolute Gasteiger partial charge is 0.255 e. The van der Waals surface area contributed by atoms with Gasteiger partial charge in [0.25, 0.3) is 5.91 Å². The second-order valence-corrected chi connectivity index (χ2v) is 4.30. The summed E-state index contributed by atoms with van der Waals surface area (Å²) in [4.78, 5) is 12.1. The van der Waals surface area contributed by atoms with Gasteiger partial charge in [-0.15, -0.1) is 0 Å². The van der Waals surface area contributed by atoms with Crippen LogP contribution in [0.15, 0.2) is 54.6 Å². The maximum atomic E-state index is 12.1. The minimum Gasteiger partial charge on any atom is -0.497 e. The molecule has 20 heavy (non-hydrogen) atoms. The molecule has 102 valence electrons. The van der Waals surface area contributed by atoms with E-state index in [4.69, 9.17) is 4.74 Å². The average Bonchev–Trinajstić information content (AvgIpc) is 2.49. The minimum absolute atomic E-state index is 0.133. The van der Waals surface area contributed by atoms with Crippen LogP contribution >= 0.6 is 0 Å². The molecule has 2 aromatic rings. The van der Waals surface area contributed by atoms with Crippen molar-refractivity contribution < 1.29 is 9.53 Å². The number of carbonyl (C=O) groups excluding carboxylic acids is 1. The summed E-state index contributed by atoms with van der Waals surface area (Å²) in [6.45, 7) is 1.97. The zero-order chi connectivity index (χ0) is 14.4. The first kappa shape index (κ1) is 13.9.